The molecule has 0 spiro atoms. The number of hydrogen-bond acceptors (Lipinski definition) is 4. The van der Waals surface area contributed by atoms with Crippen LogP contribution in [0.25, 0.3) is 16.3 Å². The van der Waals surface area contributed by atoms with Crippen LogP contribution in [-0.4, -0.2) is 35.7 Å². The maximum Gasteiger partial charge on any atom is 0.130 e. The first-order chi connectivity index (χ1) is 12.2. The van der Waals surface area contributed by atoms with Crippen LogP contribution >= 0.6 is 0 Å². The molecule has 1 aromatic heterocycles. The monoisotopic (exact) mass is 332 g/mol. The molecule has 2 aromatic rings. The molecular weight excluding hydrogens is 308 g/mol. The number of hydrogen-bond donors (Lipinski definition) is 1. The van der Waals surface area contributed by atoms with Gasteiger partial charge in [0.2, 0.25) is 0 Å². The lowest BCUT2D eigenvalue weighted by atomic mass is 9.92. The van der Waals surface area contributed by atoms with E-state index in [2.05, 4.69) is 58.1 Å². The number of nitrogens with zero attached hydrogens (tertiary/aromatic N) is 3. The van der Waals surface area contributed by atoms with E-state index in [1.807, 2.05) is 18.6 Å². The van der Waals surface area contributed by atoms with Crippen LogP contribution in [0.15, 0.2) is 53.9 Å². The van der Waals surface area contributed by atoms with Crippen molar-refractivity contribution in [3.63, 3.8) is 0 Å². The smallest absolute Gasteiger partial charge is 0.130 e. The number of rotatable bonds is 6. The summed E-state index contributed by atoms with van der Waals surface area (Å²) in [7, 11) is 2.17. The summed E-state index contributed by atoms with van der Waals surface area (Å²) in [6.45, 7) is 5.03. The summed E-state index contributed by atoms with van der Waals surface area (Å²) in [5.41, 5.74) is 3.48. The van der Waals surface area contributed by atoms with Crippen molar-refractivity contribution >= 4 is 28.4 Å². The first kappa shape index (κ1) is 16.0. The number of likely N-dealkylation sites (N-methyl/N-ethyl adjacent to an activating group) is 1. The zero-order valence-electron chi connectivity index (χ0n) is 14.7. The molecule has 1 fully saturated rings. The van der Waals surface area contributed by atoms with Gasteiger partial charge in [0.05, 0.1) is 0 Å². The number of anilines is 1. The molecule has 2 heterocycles. The second kappa shape index (κ2) is 6.81. The normalized spacial score (nSPS) is 17.0. The molecule has 1 saturated carbocycles. The van der Waals surface area contributed by atoms with Crippen LogP contribution in [0, 0.1) is 0 Å². The lowest BCUT2D eigenvalue weighted by molar-refractivity contribution is 0.172. The Kier molecular flexibility index (Phi) is 4.36. The summed E-state index contributed by atoms with van der Waals surface area (Å²) in [4.78, 5) is 11.1. The SMILES string of the molecule is C=C(CN(C)C1CCC1)Nc1cc2cc(C3=CN=CC3)ccc2cn1. The molecule has 4 rings (SSSR count). The Labute approximate surface area is 149 Å². The van der Waals surface area contributed by atoms with Crippen molar-refractivity contribution in [3.8, 4) is 0 Å². The minimum absolute atomic E-state index is 0.715. The van der Waals surface area contributed by atoms with E-state index in [-0.39, 0.29) is 0 Å². The van der Waals surface area contributed by atoms with Gasteiger partial charge in [-0.1, -0.05) is 25.1 Å². The van der Waals surface area contributed by atoms with E-state index in [0.29, 0.717) is 6.04 Å². The molecule has 0 unspecified atom stereocenters. The van der Waals surface area contributed by atoms with Crippen LogP contribution in [0.3, 0.4) is 0 Å². The van der Waals surface area contributed by atoms with Gasteiger partial charge in [0, 0.05) is 48.7 Å². The topological polar surface area (TPSA) is 40.5 Å². The van der Waals surface area contributed by atoms with Gasteiger partial charge in [-0.05, 0) is 48.5 Å². The fourth-order valence-electron chi connectivity index (χ4n) is 3.43. The van der Waals surface area contributed by atoms with Crippen molar-refractivity contribution < 1.29 is 0 Å². The average molecular weight is 332 g/mol. The van der Waals surface area contributed by atoms with Crippen molar-refractivity contribution in [1.82, 2.24) is 9.88 Å². The number of benzene rings is 1. The maximum absolute atomic E-state index is 4.53. The highest BCUT2D eigenvalue weighted by Crippen LogP contribution is 2.27. The summed E-state index contributed by atoms with van der Waals surface area (Å²) in [5.74, 6) is 0.855. The van der Waals surface area contributed by atoms with Gasteiger partial charge in [0.25, 0.3) is 0 Å². The molecule has 1 aliphatic carbocycles. The largest absolute Gasteiger partial charge is 0.343 e. The molecule has 2 aliphatic rings. The predicted molar refractivity (Wildman–Crippen MR) is 106 cm³/mol. The van der Waals surface area contributed by atoms with Gasteiger partial charge >= 0.3 is 0 Å². The van der Waals surface area contributed by atoms with Crippen LogP contribution < -0.4 is 5.32 Å². The third-order valence-electron chi connectivity index (χ3n) is 5.18. The highest BCUT2D eigenvalue weighted by atomic mass is 15.2. The van der Waals surface area contributed by atoms with Gasteiger partial charge in [0.15, 0.2) is 0 Å². The van der Waals surface area contributed by atoms with Crippen molar-refractivity contribution in [2.45, 2.75) is 31.7 Å². The van der Waals surface area contributed by atoms with E-state index in [0.717, 1.165) is 29.9 Å². The molecule has 1 N–H and O–H groups in total. The second-order valence-electron chi connectivity index (χ2n) is 7.05. The van der Waals surface area contributed by atoms with E-state index in [9.17, 15) is 0 Å². The van der Waals surface area contributed by atoms with Gasteiger partial charge in [-0.3, -0.25) is 9.89 Å². The lowest BCUT2D eigenvalue weighted by Crippen LogP contribution is -2.38. The Hall–Kier alpha value is -2.46. The maximum atomic E-state index is 4.53. The number of aromatic nitrogens is 1. The first-order valence-corrected chi connectivity index (χ1v) is 8.95. The highest BCUT2D eigenvalue weighted by Gasteiger charge is 2.22. The molecule has 0 bridgehead atoms. The molecule has 25 heavy (non-hydrogen) atoms. The fourth-order valence-corrected chi connectivity index (χ4v) is 3.43. The molecule has 4 nitrogen and oxygen atoms in total. The van der Waals surface area contributed by atoms with Crippen molar-refractivity contribution in [2.75, 3.05) is 18.9 Å². The Morgan fingerprint density at radius 2 is 2.16 bits per heavy atom. The summed E-state index contributed by atoms with van der Waals surface area (Å²) in [5, 5.41) is 5.70. The van der Waals surface area contributed by atoms with E-state index in [1.54, 1.807) is 0 Å². The molecule has 0 saturated heterocycles. The second-order valence-corrected chi connectivity index (χ2v) is 7.05. The van der Waals surface area contributed by atoms with Crippen molar-refractivity contribution in [2.24, 2.45) is 4.99 Å². The summed E-state index contributed by atoms with van der Waals surface area (Å²) < 4.78 is 0. The summed E-state index contributed by atoms with van der Waals surface area (Å²) in [6, 6.07) is 9.30. The number of pyridine rings is 1. The quantitative estimate of drug-likeness (QED) is 0.849. The van der Waals surface area contributed by atoms with Crippen molar-refractivity contribution in [3.05, 3.63) is 54.5 Å². The third kappa shape index (κ3) is 3.49. The van der Waals surface area contributed by atoms with E-state index < -0.39 is 0 Å². The minimum atomic E-state index is 0.715. The van der Waals surface area contributed by atoms with Gasteiger partial charge in [-0.25, -0.2) is 4.98 Å². The molecular formula is C21H24N4. The molecule has 0 amide bonds. The average Bonchev–Trinajstić information content (AvgIpc) is 3.06. The Morgan fingerprint density at radius 3 is 2.88 bits per heavy atom. The third-order valence-corrected chi connectivity index (χ3v) is 5.18. The number of aliphatic imine (C=N–C) groups is 1. The van der Waals surface area contributed by atoms with Crippen LogP contribution in [-0.2, 0) is 0 Å². The Balaban J connectivity index is 1.48. The van der Waals surface area contributed by atoms with E-state index in [4.69, 9.17) is 0 Å². The fraction of sp³-hybridized carbons (Fsp3) is 0.333. The van der Waals surface area contributed by atoms with Crippen LogP contribution in [0.5, 0.6) is 0 Å². The van der Waals surface area contributed by atoms with Crippen LogP contribution in [0.2, 0.25) is 0 Å². The highest BCUT2D eigenvalue weighted by molar-refractivity contribution is 5.91. The molecule has 1 aliphatic heterocycles. The summed E-state index contributed by atoms with van der Waals surface area (Å²) >= 11 is 0. The zero-order valence-corrected chi connectivity index (χ0v) is 14.7. The Bertz CT molecular complexity index is 861. The first-order valence-electron chi connectivity index (χ1n) is 8.95. The molecule has 0 atom stereocenters. The van der Waals surface area contributed by atoms with Gasteiger partial charge in [0.1, 0.15) is 5.82 Å². The molecule has 4 heteroatoms. The minimum Gasteiger partial charge on any atom is -0.343 e. The van der Waals surface area contributed by atoms with Crippen LogP contribution in [0.1, 0.15) is 31.2 Å². The predicted octanol–water partition coefficient (Wildman–Crippen LogP) is 4.46. The standard InChI is InChI=1S/C21H24N4/c1-15(14-25(2)20-4-3-5-20)24-21-11-19-10-16(18-8-9-22-12-18)6-7-17(19)13-23-21/h6-7,9-13,20H,1,3-5,8,14H2,2H3,(H,23,24). The van der Waals surface area contributed by atoms with E-state index in [1.165, 1.54) is 35.8 Å². The van der Waals surface area contributed by atoms with Gasteiger partial charge in [-0.2, -0.15) is 0 Å². The summed E-state index contributed by atoms with van der Waals surface area (Å²) in [6.07, 6.45) is 10.7. The zero-order chi connectivity index (χ0) is 17.2. The van der Waals surface area contributed by atoms with Crippen LogP contribution in [0.4, 0.5) is 5.82 Å². The number of fused-ring (bicyclic) bond motifs is 1. The van der Waals surface area contributed by atoms with Gasteiger partial charge in [-0.15, -0.1) is 0 Å². The number of allylic oxidation sites excluding steroid dienone is 1. The molecule has 128 valence electrons. The number of nitrogens with one attached hydrogen (secondary N) is 1. The van der Waals surface area contributed by atoms with Crippen molar-refractivity contribution in [1.29, 1.82) is 0 Å². The Morgan fingerprint density at radius 1 is 1.28 bits per heavy atom. The van der Waals surface area contributed by atoms with Gasteiger partial charge < -0.3 is 5.32 Å². The molecule has 1 aromatic carbocycles. The lowest BCUT2D eigenvalue weighted by Gasteiger charge is -2.35. The van der Waals surface area contributed by atoms with E-state index >= 15 is 0 Å². The molecule has 0 radical (unpaired) electrons.